The maximum Gasteiger partial charge on any atom is 0.129 e. The van der Waals surface area contributed by atoms with Gasteiger partial charge in [-0.05, 0) is 0 Å². The van der Waals surface area contributed by atoms with Crippen molar-refractivity contribution in [2.24, 2.45) is 0 Å². The van der Waals surface area contributed by atoms with E-state index in [-0.39, 0.29) is 5.48 Å². The Morgan fingerprint density at radius 1 is 1.25 bits per heavy atom. The highest BCUT2D eigenvalue weighted by Crippen LogP contribution is 1.20. The molecule has 0 aromatic heterocycles. The van der Waals surface area contributed by atoms with Gasteiger partial charge in [-0.3, -0.25) is 0 Å². The van der Waals surface area contributed by atoms with Gasteiger partial charge in [-0.1, -0.05) is 0 Å². The van der Waals surface area contributed by atoms with E-state index >= 15 is 0 Å². The maximum atomic E-state index is 4.53. The van der Waals surface area contributed by atoms with E-state index in [1.807, 2.05) is 0 Å². The molecule has 0 saturated heterocycles. The molecule has 0 amide bonds. The van der Waals surface area contributed by atoms with Crippen molar-refractivity contribution in [2.45, 2.75) is 0 Å². The molecule has 0 aromatic carbocycles. The molecule has 0 atom stereocenters. The van der Waals surface area contributed by atoms with Gasteiger partial charge >= 0.3 is 0 Å². The van der Waals surface area contributed by atoms with Gasteiger partial charge < -0.3 is 9.59 Å². The van der Waals surface area contributed by atoms with E-state index in [1.165, 1.54) is 0 Å². The number of rotatable bonds is 0. The summed E-state index contributed by atoms with van der Waals surface area (Å²) in [6, 6.07) is 0. The molecule has 4 heteroatoms. The van der Waals surface area contributed by atoms with Crippen LogP contribution in [0.4, 0.5) is 0 Å². The molecular weight excluding hydrogens is 88.2 g/mol. The van der Waals surface area contributed by atoms with Crippen molar-refractivity contribution in [2.75, 3.05) is 0 Å². The predicted molar refractivity (Wildman–Crippen MR) is 24.6 cm³/mol. The average Bonchev–Trinajstić information content (AvgIpc) is 0.918. The van der Waals surface area contributed by atoms with Gasteiger partial charge in [-0.25, -0.2) is 0 Å². The van der Waals surface area contributed by atoms with Gasteiger partial charge in [-0.15, -0.1) is 0 Å². The molecule has 0 aliphatic rings. The van der Waals surface area contributed by atoms with Gasteiger partial charge in [0.15, 0.2) is 0 Å². The lowest BCUT2D eigenvalue weighted by Gasteiger charge is -1.62. The largest absolute Gasteiger partial charge is 0.471 e. The fourth-order valence-corrected chi connectivity index (χ4v) is 0. The van der Waals surface area contributed by atoms with Crippen molar-refractivity contribution >= 4 is 21.0 Å². The van der Waals surface area contributed by atoms with Gasteiger partial charge in [0.2, 0.25) is 0 Å². The molecule has 28 valence electrons. The quantitative estimate of drug-likeness (QED) is 0.292. The second-order valence-corrected chi connectivity index (χ2v) is 3.67. The molecule has 2 nitrogen and oxygen atoms in total. The van der Waals surface area contributed by atoms with Crippen LogP contribution in [0.3, 0.4) is 0 Å². The van der Waals surface area contributed by atoms with Crippen molar-refractivity contribution in [1.82, 2.24) is 0 Å². The summed E-state index contributed by atoms with van der Waals surface area (Å²) in [7, 11) is 1.86. The zero-order valence-corrected chi connectivity index (χ0v) is 6.91. The molecule has 4 heavy (non-hydrogen) atoms. The molecule has 0 saturated carbocycles. The molecule has 0 bridgehead atoms. The van der Waals surface area contributed by atoms with Gasteiger partial charge in [0.25, 0.3) is 0 Å². The van der Waals surface area contributed by atoms with Crippen LogP contribution >= 0.6 is 0 Å². The van der Waals surface area contributed by atoms with Gasteiger partial charge in [0.1, 0.15) is 21.0 Å². The molecule has 0 aromatic rings. The Balaban J connectivity index is 0. The Morgan fingerprint density at radius 3 is 1.25 bits per heavy atom. The van der Waals surface area contributed by atoms with Crippen LogP contribution in [0.15, 0.2) is 0 Å². The molecule has 2 N–H and O–H groups in total. The molecular formula is H8O2Si2. The molecule has 0 spiro atoms. The first kappa shape index (κ1) is 8.84. The summed E-state index contributed by atoms with van der Waals surface area (Å²) in [5, 5.41) is 0. The van der Waals surface area contributed by atoms with E-state index in [0.29, 0.717) is 0 Å². The Morgan fingerprint density at radius 2 is 1.25 bits per heavy atom. The van der Waals surface area contributed by atoms with Gasteiger partial charge in [0, 0.05) is 0 Å². The minimum Gasteiger partial charge on any atom is -0.471 e. The summed E-state index contributed by atoms with van der Waals surface area (Å²) >= 11 is 0. The molecule has 0 heterocycles. The summed E-state index contributed by atoms with van der Waals surface area (Å²) < 4.78 is 4.53. The molecule has 0 radical (unpaired) electrons. The first-order valence-corrected chi connectivity index (χ1v) is 2.45. The zero-order chi connectivity index (χ0) is 2.71. The second-order valence-electron chi connectivity index (χ2n) is 0.408. The third kappa shape index (κ3) is 34.5. The summed E-state index contributed by atoms with van der Waals surface area (Å²) in [5.41, 5.74) is 0. The van der Waals surface area contributed by atoms with Crippen LogP contribution < -0.4 is 0 Å². The molecule has 0 fully saturated rings. The van der Waals surface area contributed by atoms with Crippen molar-refractivity contribution in [3.8, 4) is 0 Å². The Bertz CT molecular complexity index is 4.00. The van der Waals surface area contributed by atoms with Crippen LogP contribution in [-0.2, 0) is 4.12 Å². The lowest BCUT2D eigenvalue weighted by Crippen LogP contribution is -1.65. The van der Waals surface area contributed by atoms with E-state index in [1.54, 1.807) is 0 Å². The SMILES string of the molecule is O.[SiH3]O[SiH3]. The Hall–Kier alpha value is 0.354. The Kier molecular flexibility index (Phi) is 22.4. The lowest BCUT2D eigenvalue weighted by molar-refractivity contribution is 0.690. The molecule has 0 unspecified atom stereocenters. The monoisotopic (exact) mass is 96.0 g/mol. The molecule has 0 aliphatic carbocycles. The zero-order valence-electron chi connectivity index (χ0n) is 2.91. The topological polar surface area (TPSA) is 40.7 Å². The summed E-state index contributed by atoms with van der Waals surface area (Å²) in [6.07, 6.45) is 0. The fraction of sp³-hybridized carbons (Fsp3) is 0. The van der Waals surface area contributed by atoms with E-state index in [9.17, 15) is 0 Å². The summed E-state index contributed by atoms with van der Waals surface area (Å²) in [5.74, 6) is 0. The van der Waals surface area contributed by atoms with Crippen LogP contribution in [0.1, 0.15) is 0 Å². The first-order chi connectivity index (χ1) is 1.41. The van der Waals surface area contributed by atoms with Gasteiger partial charge in [-0.2, -0.15) is 0 Å². The average molecular weight is 96.2 g/mol. The normalized spacial score (nSPS) is 6.00. The number of hydrogen-bond acceptors (Lipinski definition) is 1. The van der Waals surface area contributed by atoms with Crippen molar-refractivity contribution < 1.29 is 9.59 Å². The summed E-state index contributed by atoms with van der Waals surface area (Å²) in [6.45, 7) is 0. The highest BCUT2D eigenvalue weighted by atomic mass is 28.3. The molecule has 0 rings (SSSR count). The minimum atomic E-state index is 0. The van der Waals surface area contributed by atoms with Crippen LogP contribution in [0.2, 0.25) is 0 Å². The van der Waals surface area contributed by atoms with Crippen LogP contribution in [-0.4, -0.2) is 26.4 Å². The third-order valence-corrected chi connectivity index (χ3v) is 0. The Labute approximate surface area is 31.6 Å². The minimum absolute atomic E-state index is 0. The fourth-order valence-electron chi connectivity index (χ4n) is 0. The summed E-state index contributed by atoms with van der Waals surface area (Å²) in [4.78, 5) is 0. The first-order valence-electron chi connectivity index (χ1n) is 0.816. The second kappa shape index (κ2) is 10.1. The van der Waals surface area contributed by atoms with Crippen molar-refractivity contribution in [3.05, 3.63) is 0 Å². The highest BCUT2D eigenvalue weighted by Gasteiger charge is 1.28. The smallest absolute Gasteiger partial charge is 0.129 e. The van der Waals surface area contributed by atoms with E-state index in [2.05, 4.69) is 4.12 Å². The van der Waals surface area contributed by atoms with Gasteiger partial charge in [0.05, 0.1) is 0 Å². The lowest BCUT2D eigenvalue weighted by atomic mass is 15.8. The number of hydrogen-bond donors (Lipinski definition) is 0. The van der Waals surface area contributed by atoms with Crippen molar-refractivity contribution in [1.29, 1.82) is 0 Å². The van der Waals surface area contributed by atoms with Crippen LogP contribution in [0, 0.1) is 0 Å². The van der Waals surface area contributed by atoms with Crippen molar-refractivity contribution in [3.63, 3.8) is 0 Å². The van der Waals surface area contributed by atoms with Crippen LogP contribution in [0.25, 0.3) is 0 Å². The third-order valence-electron chi connectivity index (χ3n) is 0. The maximum absolute atomic E-state index is 4.53. The standard InChI is InChI=1S/H6OSi2.H2O/c2-1-3;/h2-3H3;1H2. The highest BCUT2D eigenvalue weighted by molar-refractivity contribution is 6.15. The van der Waals surface area contributed by atoms with E-state index in [4.69, 9.17) is 0 Å². The predicted octanol–water partition coefficient (Wildman–Crippen LogP) is -3.26. The van der Waals surface area contributed by atoms with Crippen LogP contribution in [0.5, 0.6) is 0 Å². The molecule has 0 aliphatic heterocycles. The van der Waals surface area contributed by atoms with E-state index in [0.717, 1.165) is 21.0 Å². The van der Waals surface area contributed by atoms with E-state index < -0.39 is 0 Å².